The molecule has 2 aliphatic rings. The van der Waals surface area contributed by atoms with Gasteiger partial charge in [0.15, 0.2) is 5.96 Å². The third kappa shape index (κ3) is 6.79. The number of unbranched alkanes of at least 4 members (excludes halogenated alkanes) is 1. The number of nitrogens with one attached hydrogen (secondary N) is 2. The fourth-order valence-corrected chi connectivity index (χ4v) is 4.06. The fraction of sp³-hybridized carbons (Fsp3) is 0.682. The summed E-state index contributed by atoms with van der Waals surface area (Å²) in [6, 6.07) is 8.55. The van der Waals surface area contributed by atoms with Crippen LogP contribution in [-0.4, -0.2) is 49.2 Å². The van der Waals surface area contributed by atoms with E-state index in [4.69, 9.17) is 9.73 Å². The number of fused-ring (bicyclic) bond motifs is 1. The lowest BCUT2D eigenvalue weighted by atomic mass is 9.90. The molecule has 0 amide bonds. The van der Waals surface area contributed by atoms with E-state index in [-0.39, 0.29) is 35.6 Å². The van der Waals surface area contributed by atoms with Gasteiger partial charge in [0.2, 0.25) is 0 Å². The largest absolute Gasteiger partial charge is 0.487 e. The minimum atomic E-state index is -0.181. The van der Waals surface area contributed by atoms with E-state index in [1.165, 1.54) is 44.5 Å². The molecule has 5 nitrogen and oxygen atoms in total. The van der Waals surface area contributed by atoms with E-state index in [1.807, 2.05) is 6.07 Å². The van der Waals surface area contributed by atoms with Crippen LogP contribution in [0.4, 0.5) is 0 Å². The lowest BCUT2D eigenvalue weighted by Crippen LogP contribution is -2.45. The number of benzene rings is 1. The maximum atomic E-state index is 6.15. The summed E-state index contributed by atoms with van der Waals surface area (Å²) in [6.07, 6.45) is 6.04. The molecule has 0 aromatic heterocycles. The summed E-state index contributed by atoms with van der Waals surface area (Å²) < 4.78 is 6.15. The van der Waals surface area contributed by atoms with Crippen molar-refractivity contribution < 1.29 is 4.74 Å². The predicted octanol–water partition coefficient (Wildman–Crippen LogP) is 4.34. The summed E-state index contributed by atoms with van der Waals surface area (Å²) in [4.78, 5) is 7.41. The first-order valence-corrected chi connectivity index (χ1v) is 10.6. The monoisotopic (exact) mass is 500 g/mol. The number of halogens is 1. The summed E-state index contributed by atoms with van der Waals surface area (Å²) in [7, 11) is 0. The molecule has 158 valence electrons. The van der Waals surface area contributed by atoms with Crippen LogP contribution in [0.2, 0.25) is 0 Å². The average Bonchev–Trinajstić information content (AvgIpc) is 3.14. The molecule has 0 saturated carbocycles. The van der Waals surface area contributed by atoms with Crippen LogP contribution in [0, 0.1) is 0 Å². The molecule has 0 aliphatic carbocycles. The second kappa shape index (κ2) is 11.2. The van der Waals surface area contributed by atoms with E-state index in [0.29, 0.717) is 0 Å². The first-order chi connectivity index (χ1) is 13.1. The molecule has 1 aromatic rings. The van der Waals surface area contributed by atoms with Crippen molar-refractivity contribution in [1.82, 2.24) is 15.5 Å². The van der Waals surface area contributed by atoms with Gasteiger partial charge in [-0.25, -0.2) is 0 Å². The van der Waals surface area contributed by atoms with Gasteiger partial charge in [-0.05, 0) is 72.2 Å². The molecule has 0 radical (unpaired) electrons. The third-order valence-electron chi connectivity index (χ3n) is 5.38. The van der Waals surface area contributed by atoms with Gasteiger partial charge in [-0.1, -0.05) is 18.2 Å². The van der Waals surface area contributed by atoms with Gasteiger partial charge >= 0.3 is 0 Å². The Morgan fingerprint density at radius 3 is 2.71 bits per heavy atom. The van der Waals surface area contributed by atoms with E-state index in [9.17, 15) is 0 Å². The predicted molar refractivity (Wildman–Crippen MR) is 128 cm³/mol. The molecule has 1 unspecified atom stereocenters. The standard InChI is InChI=1S/C22H36N4O.HI/c1-4-23-21(24-13-7-8-14-26-15-9-10-16-26)25-19-17-22(2,3)27-20-12-6-5-11-18(19)20;/h5-6,11-12,19H,4,7-10,13-17H2,1-3H3,(H2,23,24,25);1H. The topological polar surface area (TPSA) is 48.9 Å². The van der Waals surface area contributed by atoms with Gasteiger partial charge in [0, 0.05) is 25.1 Å². The van der Waals surface area contributed by atoms with Crippen molar-refractivity contribution in [3.63, 3.8) is 0 Å². The van der Waals surface area contributed by atoms with Crippen molar-refractivity contribution >= 4 is 29.9 Å². The van der Waals surface area contributed by atoms with Crippen LogP contribution in [0.25, 0.3) is 0 Å². The zero-order valence-electron chi connectivity index (χ0n) is 17.7. The Bertz CT molecular complexity index is 629. The molecule has 1 fully saturated rings. The number of aliphatic imine (C=N–C) groups is 1. The number of para-hydroxylation sites is 1. The van der Waals surface area contributed by atoms with Gasteiger partial charge in [-0.15, -0.1) is 24.0 Å². The second-order valence-corrected chi connectivity index (χ2v) is 8.32. The number of rotatable bonds is 7. The number of nitrogens with zero attached hydrogens (tertiary/aromatic N) is 2. The van der Waals surface area contributed by atoms with Crippen molar-refractivity contribution in [2.75, 3.05) is 32.7 Å². The fourth-order valence-electron chi connectivity index (χ4n) is 4.06. The van der Waals surface area contributed by atoms with Gasteiger partial charge in [-0.3, -0.25) is 4.99 Å². The van der Waals surface area contributed by atoms with E-state index in [1.54, 1.807) is 0 Å². The van der Waals surface area contributed by atoms with Crippen LogP contribution in [0.3, 0.4) is 0 Å². The highest BCUT2D eigenvalue weighted by Gasteiger charge is 2.33. The van der Waals surface area contributed by atoms with E-state index in [2.05, 4.69) is 54.5 Å². The number of hydrogen-bond acceptors (Lipinski definition) is 3. The van der Waals surface area contributed by atoms with E-state index < -0.39 is 0 Å². The highest BCUT2D eigenvalue weighted by molar-refractivity contribution is 14.0. The SMILES string of the molecule is CCNC(=NCCCCN1CCCC1)NC1CC(C)(C)Oc2ccccc21.I. The lowest BCUT2D eigenvalue weighted by molar-refractivity contribution is 0.0694. The molecule has 3 rings (SSSR count). The summed E-state index contributed by atoms with van der Waals surface area (Å²) >= 11 is 0. The Kier molecular flexibility index (Phi) is 9.34. The third-order valence-corrected chi connectivity index (χ3v) is 5.38. The molecule has 1 saturated heterocycles. The van der Waals surface area contributed by atoms with Crippen molar-refractivity contribution in [2.45, 2.75) is 64.5 Å². The number of hydrogen-bond donors (Lipinski definition) is 2. The Labute approximate surface area is 187 Å². The van der Waals surface area contributed by atoms with Crippen LogP contribution >= 0.6 is 24.0 Å². The van der Waals surface area contributed by atoms with Gasteiger partial charge in [-0.2, -0.15) is 0 Å². The summed E-state index contributed by atoms with van der Waals surface area (Å²) in [6.45, 7) is 12.0. The van der Waals surface area contributed by atoms with Crippen molar-refractivity contribution in [3.05, 3.63) is 29.8 Å². The van der Waals surface area contributed by atoms with E-state index >= 15 is 0 Å². The number of guanidine groups is 1. The van der Waals surface area contributed by atoms with Crippen LogP contribution in [0.1, 0.15) is 64.5 Å². The molecule has 1 atom stereocenters. The van der Waals surface area contributed by atoms with Gasteiger partial charge in [0.05, 0.1) is 6.04 Å². The average molecular weight is 500 g/mol. The zero-order chi connectivity index (χ0) is 19.1. The van der Waals surface area contributed by atoms with Crippen molar-refractivity contribution in [1.29, 1.82) is 0 Å². The molecule has 2 N–H and O–H groups in total. The normalized spacial score (nSPS) is 21.4. The van der Waals surface area contributed by atoms with Crippen LogP contribution in [0.5, 0.6) is 5.75 Å². The lowest BCUT2D eigenvalue weighted by Gasteiger charge is -2.38. The van der Waals surface area contributed by atoms with Crippen LogP contribution < -0.4 is 15.4 Å². The smallest absolute Gasteiger partial charge is 0.191 e. The van der Waals surface area contributed by atoms with Gasteiger partial charge < -0.3 is 20.3 Å². The maximum Gasteiger partial charge on any atom is 0.191 e. The maximum absolute atomic E-state index is 6.15. The summed E-state index contributed by atoms with van der Waals surface area (Å²) in [5, 5.41) is 7.06. The van der Waals surface area contributed by atoms with Crippen LogP contribution in [0.15, 0.2) is 29.3 Å². The number of likely N-dealkylation sites (tertiary alicyclic amines) is 1. The Hall–Kier alpha value is -1.02. The van der Waals surface area contributed by atoms with Gasteiger partial charge in [0.25, 0.3) is 0 Å². The van der Waals surface area contributed by atoms with Crippen molar-refractivity contribution in [3.8, 4) is 5.75 Å². The molecular formula is C22H37IN4O. The molecule has 2 heterocycles. The molecule has 6 heteroatoms. The minimum absolute atomic E-state index is 0. The summed E-state index contributed by atoms with van der Waals surface area (Å²) in [5.41, 5.74) is 1.04. The second-order valence-electron chi connectivity index (χ2n) is 8.32. The molecule has 1 aromatic carbocycles. The molecule has 0 spiro atoms. The summed E-state index contributed by atoms with van der Waals surface area (Å²) in [5.74, 6) is 1.89. The van der Waals surface area contributed by atoms with Crippen molar-refractivity contribution in [2.24, 2.45) is 4.99 Å². The molecule has 0 bridgehead atoms. The van der Waals surface area contributed by atoms with Crippen LogP contribution in [-0.2, 0) is 0 Å². The minimum Gasteiger partial charge on any atom is -0.487 e. The first kappa shape index (κ1) is 23.3. The Balaban J connectivity index is 0.00000280. The zero-order valence-corrected chi connectivity index (χ0v) is 20.0. The quantitative estimate of drug-likeness (QED) is 0.253. The highest BCUT2D eigenvalue weighted by Crippen LogP contribution is 2.39. The van der Waals surface area contributed by atoms with Gasteiger partial charge in [0.1, 0.15) is 11.4 Å². The Morgan fingerprint density at radius 1 is 1.21 bits per heavy atom. The molecule has 2 aliphatic heterocycles. The number of ether oxygens (including phenoxy) is 1. The van der Waals surface area contributed by atoms with E-state index in [0.717, 1.165) is 37.6 Å². The Morgan fingerprint density at radius 2 is 1.96 bits per heavy atom. The highest BCUT2D eigenvalue weighted by atomic mass is 127. The molecule has 28 heavy (non-hydrogen) atoms. The molecular weight excluding hydrogens is 463 g/mol. The first-order valence-electron chi connectivity index (χ1n) is 10.6.